The molecule has 0 fully saturated rings. The number of anilines is 2. The van der Waals surface area contributed by atoms with Crippen LogP contribution in [0.15, 0.2) is 71.8 Å². The zero-order chi connectivity index (χ0) is 33.5. The minimum absolute atomic E-state index is 0.0412. The molecule has 234 valence electrons. The van der Waals surface area contributed by atoms with Gasteiger partial charge in [0.05, 0.1) is 22.5 Å². The molecule has 0 heterocycles. The number of amides is 1. The number of benzene rings is 3. The number of halogens is 8. The van der Waals surface area contributed by atoms with E-state index in [1.807, 2.05) is 29.1 Å². The van der Waals surface area contributed by atoms with Crippen molar-refractivity contribution in [2.45, 2.75) is 19.3 Å². The Morgan fingerprint density at radius 2 is 1.36 bits per heavy atom. The van der Waals surface area contributed by atoms with Crippen LogP contribution in [0.4, 0.5) is 46.5 Å². The number of hydrogen-bond donors (Lipinski definition) is 3. The number of hydrogen-bond acceptors (Lipinski definition) is 9. The van der Waals surface area contributed by atoms with E-state index in [-0.39, 0.29) is 16.9 Å². The van der Waals surface area contributed by atoms with Crippen LogP contribution in [0.25, 0.3) is 0 Å². The molecule has 1 amide bonds. The van der Waals surface area contributed by atoms with Gasteiger partial charge in [0.2, 0.25) is 0 Å². The molecule has 0 aromatic heterocycles. The van der Waals surface area contributed by atoms with E-state index >= 15 is 0 Å². The fourth-order valence-corrected chi connectivity index (χ4v) is 2.67. The third-order valence-electron chi connectivity index (χ3n) is 4.37. The highest BCUT2D eigenvalue weighted by Gasteiger charge is 2.40. The average molecular weight is 650 g/mol. The molecule has 0 bridgehead atoms. The predicted molar refractivity (Wildman–Crippen MR) is 138 cm³/mol. The number of nitriles is 2. The van der Waals surface area contributed by atoms with Gasteiger partial charge < -0.3 is 8.74 Å². The van der Waals surface area contributed by atoms with Crippen molar-refractivity contribution in [2.75, 3.05) is 10.9 Å². The lowest BCUT2D eigenvalue weighted by molar-refractivity contribution is -0.173. The molecule has 19 heteroatoms. The number of carbonyl (C=O) groups is 1. The molecule has 44 heavy (non-hydrogen) atoms. The summed E-state index contributed by atoms with van der Waals surface area (Å²) >= 11 is -3.46. The van der Waals surface area contributed by atoms with Gasteiger partial charge in [0, 0.05) is 0 Å². The van der Waals surface area contributed by atoms with Crippen molar-refractivity contribution in [1.29, 1.82) is 10.5 Å². The summed E-state index contributed by atoms with van der Waals surface area (Å²) in [5.74, 6) is -5.93. The summed E-state index contributed by atoms with van der Waals surface area (Å²) in [7, 11) is 0. The van der Waals surface area contributed by atoms with E-state index in [4.69, 9.17) is 10.5 Å². The van der Waals surface area contributed by atoms with Gasteiger partial charge in [-0.3, -0.25) is 21.1 Å². The highest BCUT2D eigenvalue weighted by Crippen LogP contribution is 2.20. The third-order valence-corrected chi connectivity index (χ3v) is 4.66. The van der Waals surface area contributed by atoms with Crippen molar-refractivity contribution in [3.8, 4) is 12.1 Å². The first-order chi connectivity index (χ1) is 20.5. The minimum atomic E-state index is -5.15. The Morgan fingerprint density at radius 1 is 0.864 bits per heavy atom. The largest absolute Gasteiger partial charge is 0.740 e. The molecule has 3 aromatic carbocycles. The number of hydrazine groups is 1. The summed E-state index contributed by atoms with van der Waals surface area (Å²) in [4.78, 5) is 10.4. The number of rotatable bonds is 5. The van der Waals surface area contributed by atoms with Crippen LogP contribution in [-0.2, 0) is 20.3 Å². The van der Waals surface area contributed by atoms with Gasteiger partial charge in [0.15, 0.2) is 0 Å². The molecule has 3 N–H and O–H groups in total. The van der Waals surface area contributed by atoms with E-state index in [1.54, 1.807) is 0 Å². The van der Waals surface area contributed by atoms with Crippen molar-refractivity contribution in [3.05, 3.63) is 95.1 Å². The normalized spacial score (nSPS) is 11.6. The van der Waals surface area contributed by atoms with Crippen LogP contribution in [-0.4, -0.2) is 32.9 Å². The molecule has 3 aromatic rings. The van der Waals surface area contributed by atoms with Gasteiger partial charge in [-0.25, -0.2) is 13.0 Å². The molecule has 0 saturated carbocycles. The van der Waals surface area contributed by atoms with Crippen LogP contribution in [0.5, 0.6) is 0 Å². The highest BCUT2D eigenvalue weighted by atomic mass is 32.2. The molecule has 1 unspecified atom stereocenters. The second-order valence-corrected chi connectivity index (χ2v) is 8.23. The Kier molecular flexibility index (Phi) is 14.2. The van der Waals surface area contributed by atoms with Gasteiger partial charge in [-0.05, 0) is 43.3 Å². The molecule has 3 rings (SSSR count). The van der Waals surface area contributed by atoms with Crippen LogP contribution in [0.3, 0.4) is 0 Å². The second kappa shape index (κ2) is 17.0. The first kappa shape index (κ1) is 36.8. The van der Waals surface area contributed by atoms with Crippen LogP contribution in [0, 0.1) is 41.2 Å². The van der Waals surface area contributed by atoms with Crippen LogP contribution in [0.1, 0.15) is 16.7 Å². The van der Waals surface area contributed by atoms with Gasteiger partial charge in [-0.1, -0.05) is 35.9 Å². The summed E-state index contributed by atoms with van der Waals surface area (Å²) < 4.78 is 122. The van der Waals surface area contributed by atoms with E-state index in [9.17, 15) is 48.7 Å². The van der Waals surface area contributed by atoms with Gasteiger partial charge >= 0.3 is 24.2 Å². The second-order valence-electron chi connectivity index (χ2n) is 7.66. The quantitative estimate of drug-likeness (QED) is 0.107. The van der Waals surface area contributed by atoms with Crippen molar-refractivity contribution in [1.82, 2.24) is 5.43 Å². The molecular formula is C25H17F8N6O4S-. The first-order valence-corrected chi connectivity index (χ1v) is 12.2. The van der Waals surface area contributed by atoms with E-state index in [0.29, 0.717) is 0 Å². The molecule has 0 aliphatic heterocycles. The predicted octanol–water partition coefficient (Wildman–Crippen LogP) is 5.49. The molecule has 0 aliphatic rings. The van der Waals surface area contributed by atoms with E-state index in [0.717, 1.165) is 36.4 Å². The molecule has 1 atom stereocenters. The van der Waals surface area contributed by atoms with Gasteiger partial charge in [0.1, 0.15) is 35.1 Å². The summed E-state index contributed by atoms with van der Waals surface area (Å²) in [6, 6.07) is 18.9. The Morgan fingerprint density at radius 3 is 1.77 bits per heavy atom. The standard InChI is InChI=1S/C9H5F4N3O3S.C9H5F4N3O.C7H8/c10-7-2-1-6(3-5(7)4-14)15-16-8(9(11,12)13)19-20(17)18;10-7-2-1-6(3-5(7)4-14)15-16-8(17)9(11,12)13;1-7-5-3-2-4-6-7/h1-3,15H,(H,17,18);1-3,15H,(H,16,17);2-6H,1H3/p-1/b16-8-;;. The Bertz CT molecular complexity index is 1560. The van der Waals surface area contributed by atoms with Crippen molar-refractivity contribution < 1.29 is 52.9 Å². The lowest BCUT2D eigenvalue weighted by Gasteiger charge is -2.12. The summed E-state index contributed by atoms with van der Waals surface area (Å²) in [6.45, 7) is 2.08. The number of hydrazone groups is 1. The molecule has 10 nitrogen and oxygen atoms in total. The number of aryl methyl sites for hydroxylation is 1. The van der Waals surface area contributed by atoms with Crippen molar-refractivity contribution in [2.24, 2.45) is 5.10 Å². The fourth-order valence-electron chi connectivity index (χ4n) is 2.41. The van der Waals surface area contributed by atoms with E-state index in [1.165, 1.54) is 23.1 Å². The van der Waals surface area contributed by atoms with Crippen molar-refractivity contribution in [3.63, 3.8) is 0 Å². The summed E-state index contributed by atoms with van der Waals surface area (Å²) in [6.07, 6.45) is -10.2. The number of nitrogens with zero attached hydrogens (tertiary/aromatic N) is 3. The summed E-state index contributed by atoms with van der Waals surface area (Å²) in [5, 5.41) is 19.7. The van der Waals surface area contributed by atoms with Gasteiger partial charge in [-0.2, -0.15) is 36.9 Å². The zero-order valence-electron chi connectivity index (χ0n) is 21.8. The number of alkyl halides is 6. The van der Waals surface area contributed by atoms with Crippen LogP contribution < -0.4 is 16.3 Å². The average Bonchev–Trinajstić information content (AvgIpc) is 2.95. The summed E-state index contributed by atoms with van der Waals surface area (Å²) in [5.41, 5.74) is 5.43. The minimum Gasteiger partial charge on any atom is -0.740 e. The molecule has 0 spiro atoms. The lowest BCUT2D eigenvalue weighted by atomic mass is 10.2. The number of carbonyl (C=O) groups excluding carboxylic acids is 1. The van der Waals surface area contributed by atoms with Gasteiger partial charge in [-0.15, -0.1) is 5.10 Å². The third kappa shape index (κ3) is 13.6. The molecule has 0 aliphatic carbocycles. The lowest BCUT2D eigenvalue weighted by Crippen LogP contribution is -2.40. The van der Waals surface area contributed by atoms with Crippen molar-refractivity contribution >= 4 is 34.5 Å². The molecule has 0 radical (unpaired) electrons. The first-order valence-electron chi connectivity index (χ1n) is 11.2. The van der Waals surface area contributed by atoms with Gasteiger partial charge in [0.25, 0.3) is 0 Å². The smallest absolute Gasteiger partial charge is 0.472 e. The maximum absolute atomic E-state index is 13.0. The maximum atomic E-state index is 13.0. The Balaban J connectivity index is 0.000000363. The molecular weight excluding hydrogens is 632 g/mol. The monoisotopic (exact) mass is 649 g/mol. The maximum Gasteiger partial charge on any atom is 0.472 e. The molecule has 0 saturated heterocycles. The zero-order valence-corrected chi connectivity index (χ0v) is 22.6. The SMILES string of the molecule is Cc1ccccc1.N#Cc1cc(N/N=C(\OS(=O)[O-])C(F)(F)F)ccc1F.N#Cc1cc(NNC(=O)C(F)(F)F)ccc1F. The fraction of sp³-hybridized carbons (Fsp3) is 0.120. The van der Waals surface area contributed by atoms with E-state index in [2.05, 4.69) is 28.3 Å². The topological polar surface area (TPSA) is 162 Å². The Labute approximate surface area is 246 Å². The van der Waals surface area contributed by atoms with Crippen LogP contribution >= 0.6 is 0 Å². The highest BCUT2D eigenvalue weighted by molar-refractivity contribution is 7.74. The Hall–Kier alpha value is -5.27. The van der Waals surface area contributed by atoms with Crippen LogP contribution in [0.2, 0.25) is 0 Å². The number of nitrogens with one attached hydrogen (secondary N) is 3. The van der Waals surface area contributed by atoms with E-state index < -0.39 is 52.7 Å².